The molecule has 0 aromatic heterocycles. The highest BCUT2D eigenvalue weighted by Crippen LogP contribution is 2.49. The third-order valence-electron chi connectivity index (χ3n) is 12.1. The van der Waals surface area contributed by atoms with Crippen molar-refractivity contribution < 1.29 is 24.2 Å². The standard InChI is InChI=1S/C44H55Cl3N6O5/c1-9-43(4,5)28-14-17-36(32(22-28)44(6,7)10-2)58-25-37(55)48-30-13-11-12-27(21-30)41(56)50-40-38(49-35-16-15-31(20-26(35)3)52(8)18-19-54)42(57)53(51-40)39-33(46)23-29(45)24-34(39)47/h11-13,15-16,20-21,23-24,28,32,36,54H,9-10,14,17-19,22,25H2,1-8H3,(H,48,55)(H,50,51,56). The lowest BCUT2D eigenvalue weighted by atomic mass is 9.60. The SMILES string of the molecule is CCC(C)(C)C1CCC(OCC(=O)Nc2cccc(C(=O)NC3=NN(c4c(Cl)cc(Cl)cc4Cl)C(=O)C3=Nc3ccc(N(C)CCO)cc3C)c2)C(C(C)(C)CC)C1. The fourth-order valence-electron chi connectivity index (χ4n) is 7.59. The zero-order valence-electron chi connectivity index (χ0n) is 34.6. The number of hydrogen-bond acceptors (Lipinski definition) is 8. The van der Waals surface area contributed by atoms with Gasteiger partial charge in [0.15, 0.2) is 11.5 Å². The van der Waals surface area contributed by atoms with E-state index in [1.165, 1.54) is 12.1 Å². The predicted octanol–water partition coefficient (Wildman–Crippen LogP) is 9.86. The second-order valence-electron chi connectivity index (χ2n) is 16.6. The summed E-state index contributed by atoms with van der Waals surface area (Å²) in [6, 6.07) is 14.8. The highest BCUT2D eigenvalue weighted by Gasteiger charge is 2.43. The van der Waals surface area contributed by atoms with Crippen molar-refractivity contribution in [3.8, 4) is 0 Å². The topological polar surface area (TPSA) is 136 Å². The van der Waals surface area contributed by atoms with Gasteiger partial charge in [0.05, 0.1) is 28.4 Å². The number of likely N-dealkylation sites (N-methyl/N-ethyl adjacent to an activating group) is 1. The number of aryl methyl sites for hydroxylation is 1. The molecule has 1 fully saturated rings. The molecule has 11 nitrogen and oxygen atoms in total. The molecule has 3 unspecified atom stereocenters. The van der Waals surface area contributed by atoms with Gasteiger partial charge in [0.25, 0.3) is 5.91 Å². The fraction of sp³-hybridized carbons (Fsp3) is 0.477. The normalized spacial score (nSPS) is 19.3. The average molecular weight is 854 g/mol. The summed E-state index contributed by atoms with van der Waals surface area (Å²) in [6.45, 7) is 15.9. The first-order valence-electron chi connectivity index (χ1n) is 19.8. The smallest absolute Gasteiger partial charge is 0.301 e. The van der Waals surface area contributed by atoms with Gasteiger partial charge in [-0.3, -0.25) is 14.4 Å². The summed E-state index contributed by atoms with van der Waals surface area (Å²) in [5.41, 5.74) is 2.86. The second-order valence-corrected chi connectivity index (χ2v) is 17.8. The Hall–Kier alpha value is -4.00. The Labute approximate surface area is 357 Å². The molecular weight excluding hydrogens is 799 g/mol. The molecule has 1 aliphatic carbocycles. The lowest BCUT2D eigenvalue weighted by Crippen LogP contribution is -2.44. The van der Waals surface area contributed by atoms with Gasteiger partial charge in [-0.1, -0.05) is 95.3 Å². The van der Waals surface area contributed by atoms with Gasteiger partial charge in [0.2, 0.25) is 5.91 Å². The molecule has 3 amide bonds. The molecular formula is C44H55Cl3N6O5. The maximum Gasteiger partial charge on any atom is 0.301 e. The van der Waals surface area contributed by atoms with Crippen molar-refractivity contribution in [2.24, 2.45) is 32.8 Å². The molecule has 3 atom stereocenters. The first-order chi connectivity index (χ1) is 27.4. The molecule has 3 N–H and O–H groups in total. The molecule has 0 radical (unpaired) electrons. The van der Waals surface area contributed by atoms with Gasteiger partial charge in [-0.25, -0.2) is 4.99 Å². The molecule has 0 spiro atoms. The van der Waals surface area contributed by atoms with Gasteiger partial charge >= 0.3 is 5.91 Å². The van der Waals surface area contributed by atoms with Gasteiger partial charge in [0, 0.05) is 35.6 Å². The summed E-state index contributed by atoms with van der Waals surface area (Å²) in [4.78, 5) is 47.6. The van der Waals surface area contributed by atoms with E-state index < -0.39 is 11.8 Å². The van der Waals surface area contributed by atoms with Crippen molar-refractivity contribution in [1.82, 2.24) is 5.32 Å². The van der Waals surface area contributed by atoms with Gasteiger partial charge < -0.3 is 25.4 Å². The largest absolute Gasteiger partial charge is 0.395 e. The number of rotatable bonds is 14. The number of hydrogen-bond donors (Lipinski definition) is 3. The minimum Gasteiger partial charge on any atom is -0.395 e. The molecule has 0 bridgehead atoms. The van der Waals surface area contributed by atoms with E-state index in [0.29, 0.717) is 29.8 Å². The van der Waals surface area contributed by atoms with Gasteiger partial charge in [-0.05, 0) is 103 Å². The van der Waals surface area contributed by atoms with Crippen molar-refractivity contribution in [1.29, 1.82) is 0 Å². The molecule has 3 aromatic carbocycles. The van der Waals surface area contributed by atoms with Crippen LogP contribution in [0.15, 0.2) is 64.7 Å². The maximum absolute atomic E-state index is 14.0. The number of carbonyl (C=O) groups excluding carboxylic acids is 3. The van der Waals surface area contributed by atoms with E-state index in [9.17, 15) is 19.5 Å². The van der Waals surface area contributed by atoms with Crippen LogP contribution in [-0.2, 0) is 14.3 Å². The molecule has 2 aliphatic rings. The number of aliphatic hydroxyl groups excluding tert-OH is 1. The van der Waals surface area contributed by atoms with Gasteiger partial charge in [0.1, 0.15) is 12.3 Å². The van der Waals surface area contributed by atoms with E-state index in [0.717, 1.165) is 48.4 Å². The van der Waals surface area contributed by atoms with Crippen molar-refractivity contribution >= 4 is 86.8 Å². The summed E-state index contributed by atoms with van der Waals surface area (Å²) >= 11 is 19.1. The highest BCUT2D eigenvalue weighted by molar-refractivity contribution is 6.72. The molecule has 58 heavy (non-hydrogen) atoms. The zero-order valence-corrected chi connectivity index (χ0v) is 36.9. The van der Waals surface area contributed by atoms with Crippen molar-refractivity contribution in [3.63, 3.8) is 0 Å². The summed E-state index contributed by atoms with van der Waals surface area (Å²) in [7, 11) is 1.85. The van der Waals surface area contributed by atoms with Crippen molar-refractivity contribution in [2.45, 2.75) is 86.7 Å². The minimum atomic E-state index is -0.685. The van der Waals surface area contributed by atoms with Crippen LogP contribution in [0.25, 0.3) is 0 Å². The third kappa shape index (κ3) is 10.4. The molecule has 312 valence electrons. The molecule has 1 saturated carbocycles. The second kappa shape index (κ2) is 18.9. The average Bonchev–Trinajstić information content (AvgIpc) is 3.47. The van der Waals surface area contributed by atoms with E-state index in [1.54, 1.807) is 30.3 Å². The van der Waals surface area contributed by atoms with E-state index in [4.69, 9.17) is 39.5 Å². The van der Waals surface area contributed by atoms with Crippen LogP contribution in [0.4, 0.5) is 22.7 Å². The number of amidine groups is 1. The molecule has 1 aliphatic heterocycles. The number of benzene rings is 3. The Morgan fingerprint density at radius 1 is 0.983 bits per heavy atom. The highest BCUT2D eigenvalue weighted by atomic mass is 35.5. The van der Waals surface area contributed by atoms with Crippen molar-refractivity contribution in [3.05, 3.63) is 80.8 Å². The van der Waals surface area contributed by atoms with Crippen LogP contribution in [-0.4, -0.2) is 67.3 Å². The van der Waals surface area contributed by atoms with Crippen molar-refractivity contribution in [2.75, 3.05) is 42.0 Å². The molecule has 1 heterocycles. The molecule has 14 heteroatoms. The first-order valence-corrected chi connectivity index (χ1v) is 20.9. The van der Waals surface area contributed by atoms with Gasteiger partial charge in [-0.15, -0.1) is 5.10 Å². The summed E-state index contributed by atoms with van der Waals surface area (Å²) in [5, 5.41) is 20.8. The molecule has 3 aromatic rings. The van der Waals surface area contributed by atoms with Crippen LogP contribution in [0.3, 0.4) is 0 Å². The molecule has 0 saturated heterocycles. The Bertz CT molecular complexity index is 2060. The number of carbonyl (C=O) groups is 3. The zero-order chi connectivity index (χ0) is 42.5. The summed E-state index contributed by atoms with van der Waals surface area (Å²) in [5.74, 6) is -0.819. The number of aliphatic hydroxyl groups is 1. The number of aliphatic imine (C=N–C) groups is 1. The number of amides is 3. The lowest BCUT2D eigenvalue weighted by Gasteiger charge is -2.48. The number of nitrogens with one attached hydrogen (secondary N) is 2. The van der Waals surface area contributed by atoms with Crippen LogP contribution < -0.4 is 20.5 Å². The van der Waals surface area contributed by atoms with E-state index in [1.807, 2.05) is 31.0 Å². The summed E-state index contributed by atoms with van der Waals surface area (Å²) in [6.07, 6.45) is 5.15. The Kier molecular flexibility index (Phi) is 14.7. The Morgan fingerprint density at radius 3 is 2.31 bits per heavy atom. The predicted molar refractivity (Wildman–Crippen MR) is 236 cm³/mol. The first kappa shape index (κ1) is 45.1. The maximum atomic E-state index is 14.0. The summed E-state index contributed by atoms with van der Waals surface area (Å²) < 4.78 is 6.36. The monoisotopic (exact) mass is 852 g/mol. The van der Waals surface area contributed by atoms with E-state index in [-0.39, 0.29) is 73.9 Å². The Balaban J connectivity index is 1.34. The van der Waals surface area contributed by atoms with Crippen LogP contribution in [0.5, 0.6) is 0 Å². The van der Waals surface area contributed by atoms with Crippen LogP contribution >= 0.6 is 34.8 Å². The number of anilines is 3. The minimum absolute atomic E-state index is 0.0140. The quantitative estimate of drug-likeness (QED) is 0.148. The van der Waals surface area contributed by atoms with E-state index >= 15 is 0 Å². The van der Waals surface area contributed by atoms with Gasteiger partial charge in [-0.2, -0.15) is 5.01 Å². The number of nitrogens with zero attached hydrogens (tertiary/aromatic N) is 4. The van der Waals surface area contributed by atoms with Crippen LogP contribution in [0.2, 0.25) is 15.1 Å². The van der Waals surface area contributed by atoms with E-state index in [2.05, 4.69) is 62.3 Å². The Morgan fingerprint density at radius 2 is 1.67 bits per heavy atom. The molecule has 5 rings (SSSR count). The number of ether oxygens (including phenoxy) is 1. The lowest BCUT2D eigenvalue weighted by molar-refractivity contribution is -0.129. The van der Waals surface area contributed by atoms with Crippen LogP contribution in [0, 0.1) is 29.6 Å². The number of halogens is 3. The number of hydrazone groups is 1. The van der Waals surface area contributed by atoms with Crippen LogP contribution in [0.1, 0.15) is 89.6 Å². The fourth-order valence-corrected chi connectivity index (χ4v) is 8.57. The third-order valence-corrected chi connectivity index (χ3v) is 12.9.